The van der Waals surface area contributed by atoms with Gasteiger partial charge in [-0.3, -0.25) is 14.5 Å². The highest BCUT2D eigenvalue weighted by atomic mass is 16.5. The second-order valence-corrected chi connectivity index (χ2v) is 6.76. The molecule has 2 atom stereocenters. The van der Waals surface area contributed by atoms with Crippen LogP contribution in [0.2, 0.25) is 0 Å². The van der Waals surface area contributed by atoms with Gasteiger partial charge in [0.15, 0.2) is 0 Å². The molecule has 0 aromatic heterocycles. The van der Waals surface area contributed by atoms with Crippen molar-refractivity contribution in [2.24, 2.45) is 11.8 Å². The maximum absolute atomic E-state index is 12.7. The molecule has 0 spiro atoms. The molecule has 1 heterocycles. The second-order valence-electron chi connectivity index (χ2n) is 6.76. The van der Waals surface area contributed by atoms with Gasteiger partial charge in [0, 0.05) is 0 Å². The number of nitrogens with zero attached hydrogens (tertiary/aromatic N) is 1. The maximum atomic E-state index is 12.7. The number of rotatable bonds is 3. The Morgan fingerprint density at radius 2 is 1.54 bits per heavy atom. The normalized spacial score (nSPS) is 22.2. The molecule has 0 N–H and O–H groups in total. The van der Waals surface area contributed by atoms with E-state index >= 15 is 0 Å². The van der Waals surface area contributed by atoms with Gasteiger partial charge in [-0.05, 0) is 43.2 Å². The highest BCUT2D eigenvalue weighted by Crippen LogP contribution is 2.40. The Morgan fingerprint density at radius 3 is 2.19 bits per heavy atom. The van der Waals surface area contributed by atoms with Crippen molar-refractivity contribution in [3.8, 4) is 5.75 Å². The second kappa shape index (κ2) is 6.75. The quantitative estimate of drug-likeness (QED) is 0.483. The number of imide groups is 1. The minimum Gasteiger partial charge on any atom is -0.423 e. The molecule has 5 heteroatoms. The topological polar surface area (TPSA) is 63.7 Å². The summed E-state index contributed by atoms with van der Waals surface area (Å²) in [6.45, 7) is 0. The first-order valence-electron chi connectivity index (χ1n) is 8.90. The zero-order valence-electron chi connectivity index (χ0n) is 14.3. The first-order chi connectivity index (χ1) is 12.6. The van der Waals surface area contributed by atoms with Crippen molar-refractivity contribution < 1.29 is 19.1 Å². The number of benzene rings is 2. The molecular formula is C21H19NO4. The van der Waals surface area contributed by atoms with Gasteiger partial charge >= 0.3 is 5.97 Å². The van der Waals surface area contributed by atoms with Gasteiger partial charge < -0.3 is 4.74 Å². The van der Waals surface area contributed by atoms with Gasteiger partial charge in [0.05, 0.1) is 23.1 Å². The molecule has 26 heavy (non-hydrogen) atoms. The summed E-state index contributed by atoms with van der Waals surface area (Å²) in [6.07, 6.45) is 3.50. The van der Waals surface area contributed by atoms with Gasteiger partial charge in [0.2, 0.25) is 11.8 Å². The molecule has 0 radical (unpaired) electrons. The van der Waals surface area contributed by atoms with Crippen molar-refractivity contribution in [2.45, 2.75) is 25.7 Å². The lowest BCUT2D eigenvalue weighted by Gasteiger charge is -2.19. The summed E-state index contributed by atoms with van der Waals surface area (Å²) in [4.78, 5) is 39.1. The van der Waals surface area contributed by atoms with E-state index in [1.54, 1.807) is 48.5 Å². The van der Waals surface area contributed by atoms with Crippen molar-refractivity contribution in [1.82, 2.24) is 0 Å². The maximum Gasteiger partial charge on any atom is 0.343 e. The van der Waals surface area contributed by atoms with Crippen molar-refractivity contribution in [3.63, 3.8) is 0 Å². The Kier molecular flexibility index (Phi) is 4.29. The van der Waals surface area contributed by atoms with Crippen LogP contribution < -0.4 is 9.64 Å². The van der Waals surface area contributed by atoms with E-state index in [-0.39, 0.29) is 23.7 Å². The number of amides is 2. The molecular weight excluding hydrogens is 330 g/mol. The van der Waals surface area contributed by atoms with Crippen molar-refractivity contribution in [2.75, 3.05) is 4.90 Å². The van der Waals surface area contributed by atoms with E-state index in [1.165, 1.54) is 4.90 Å². The van der Waals surface area contributed by atoms with E-state index in [1.807, 2.05) is 6.07 Å². The Bertz CT molecular complexity index is 837. The summed E-state index contributed by atoms with van der Waals surface area (Å²) < 4.78 is 5.34. The minimum absolute atomic E-state index is 0.145. The van der Waals surface area contributed by atoms with Crippen molar-refractivity contribution >= 4 is 23.5 Å². The van der Waals surface area contributed by atoms with Crippen LogP contribution in [0.1, 0.15) is 36.0 Å². The molecule has 1 saturated carbocycles. The number of ether oxygens (including phenoxy) is 1. The number of hydrogen-bond donors (Lipinski definition) is 0. The highest BCUT2D eigenvalue weighted by Gasteiger charge is 2.48. The van der Waals surface area contributed by atoms with Crippen LogP contribution in [0, 0.1) is 11.8 Å². The van der Waals surface area contributed by atoms with Crippen LogP contribution in [-0.4, -0.2) is 17.8 Å². The van der Waals surface area contributed by atoms with E-state index in [2.05, 4.69) is 0 Å². The standard InChI is InChI=1S/C21H19NO4/c23-19-17-11-4-5-12-18(17)20(24)22(19)15-8-6-7-14(13-15)21(25)26-16-9-2-1-3-10-16/h1-3,6-10,13,17-18H,4-5,11-12H2/t17-,18-/m1/s1. The average Bonchev–Trinajstić information content (AvgIpc) is 2.94. The smallest absolute Gasteiger partial charge is 0.343 e. The van der Waals surface area contributed by atoms with E-state index in [4.69, 9.17) is 4.74 Å². The number of fused-ring (bicyclic) bond motifs is 1. The number of anilines is 1. The predicted molar refractivity (Wildman–Crippen MR) is 95.8 cm³/mol. The fourth-order valence-electron chi connectivity index (χ4n) is 3.84. The van der Waals surface area contributed by atoms with Crippen LogP contribution in [0.25, 0.3) is 0 Å². The Balaban J connectivity index is 1.58. The number of esters is 1. The van der Waals surface area contributed by atoms with Crippen LogP contribution in [0.15, 0.2) is 54.6 Å². The summed E-state index contributed by atoms with van der Waals surface area (Å²) in [5.41, 5.74) is 0.749. The third-order valence-corrected chi connectivity index (χ3v) is 5.13. The summed E-state index contributed by atoms with van der Waals surface area (Å²) in [7, 11) is 0. The van der Waals surface area contributed by atoms with Gasteiger partial charge in [-0.15, -0.1) is 0 Å². The van der Waals surface area contributed by atoms with Crippen LogP contribution in [0.3, 0.4) is 0 Å². The van der Waals surface area contributed by atoms with Crippen LogP contribution >= 0.6 is 0 Å². The molecule has 5 nitrogen and oxygen atoms in total. The van der Waals surface area contributed by atoms with Gasteiger partial charge in [-0.25, -0.2) is 4.79 Å². The molecule has 2 amide bonds. The molecule has 0 bridgehead atoms. The first kappa shape index (κ1) is 16.5. The van der Waals surface area contributed by atoms with Gasteiger partial charge in [0.1, 0.15) is 5.75 Å². The summed E-state index contributed by atoms with van der Waals surface area (Å²) in [5.74, 6) is -0.786. The Hall–Kier alpha value is -2.95. The lowest BCUT2D eigenvalue weighted by atomic mass is 9.81. The predicted octanol–water partition coefficient (Wildman–Crippen LogP) is 3.59. The van der Waals surface area contributed by atoms with Crippen LogP contribution in [0.4, 0.5) is 5.69 Å². The SMILES string of the molecule is O=C(Oc1ccccc1)c1cccc(N2C(=O)[C@@H]3CCCC[C@H]3C2=O)c1. The first-order valence-corrected chi connectivity index (χ1v) is 8.90. The molecule has 1 aliphatic carbocycles. The highest BCUT2D eigenvalue weighted by molar-refractivity contribution is 6.22. The summed E-state index contributed by atoms with van der Waals surface area (Å²) in [6, 6.07) is 15.3. The fraction of sp³-hybridized carbons (Fsp3) is 0.286. The molecule has 2 aliphatic rings. The zero-order chi connectivity index (χ0) is 18.1. The third-order valence-electron chi connectivity index (χ3n) is 5.13. The van der Waals surface area contributed by atoms with E-state index in [0.29, 0.717) is 17.0 Å². The molecule has 0 unspecified atom stereocenters. The fourth-order valence-corrected chi connectivity index (χ4v) is 3.84. The lowest BCUT2D eigenvalue weighted by Crippen LogP contribution is -2.31. The summed E-state index contributed by atoms with van der Waals surface area (Å²) in [5, 5.41) is 0. The van der Waals surface area contributed by atoms with E-state index < -0.39 is 5.97 Å². The minimum atomic E-state index is -0.519. The molecule has 2 aromatic rings. The molecule has 2 aromatic carbocycles. The Morgan fingerprint density at radius 1 is 0.885 bits per heavy atom. The molecule has 4 rings (SSSR count). The monoisotopic (exact) mass is 349 g/mol. The van der Waals surface area contributed by atoms with E-state index in [9.17, 15) is 14.4 Å². The van der Waals surface area contributed by atoms with Gasteiger partial charge in [0.25, 0.3) is 0 Å². The summed E-state index contributed by atoms with van der Waals surface area (Å²) >= 11 is 0. The third kappa shape index (κ3) is 2.90. The number of carbonyl (C=O) groups excluding carboxylic acids is 3. The molecule has 1 saturated heterocycles. The number of hydrogen-bond acceptors (Lipinski definition) is 4. The van der Waals surface area contributed by atoms with Crippen LogP contribution in [-0.2, 0) is 9.59 Å². The van der Waals surface area contributed by atoms with Gasteiger partial charge in [-0.2, -0.15) is 0 Å². The number of para-hydroxylation sites is 1. The zero-order valence-corrected chi connectivity index (χ0v) is 14.3. The molecule has 1 aliphatic heterocycles. The molecule has 132 valence electrons. The van der Waals surface area contributed by atoms with Crippen molar-refractivity contribution in [3.05, 3.63) is 60.2 Å². The number of carbonyl (C=O) groups is 3. The largest absolute Gasteiger partial charge is 0.423 e. The average molecular weight is 349 g/mol. The van der Waals surface area contributed by atoms with Crippen LogP contribution in [0.5, 0.6) is 5.75 Å². The molecule has 2 fully saturated rings. The lowest BCUT2D eigenvalue weighted by molar-refractivity contribution is -0.122. The Labute approximate surface area is 151 Å². The van der Waals surface area contributed by atoms with E-state index in [0.717, 1.165) is 25.7 Å². The van der Waals surface area contributed by atoms with Gasteiger partial charge in [-0.1, -0.05) is 37.1 Å². The van der Waals surface area contributed by atoms with Crippen molar-refractivity contribution in [1.29, 1.82) is 0 Å².